The minimum atomic E-state index is -0.453. The predicted octanol–water partition coefficient (Wildman–Crippen LogP) is 3.51. The summed E-state index contributed by atoms with van der Waals surface area (Å²) >= 11 is 2.52. The summed E-state index contributed by atoms with van der Waals surface area (Å²) in [5.74, 6) is -0.915. The van der Waals surface area contributed by atoms with Crippen LogP contribution in [-0.4, -0.2) is 56.5 Å². The number of aromatic nitrogens is 2. The quantitative estimate of drug-likeness (QED) is 0.471. The van der Waals surface area contributed by atoms with Crippen molar-refractivity contribution in [2.45, 2.75) is 34.6 Å². The van der Waals surface area contributed by atoms with Crippen molar-refractivity contribution in [3.05, 3.63) is 39.2 Å². The summed E-state index contributed by atoms with van der Waals surface area (Å²) in [5, 5.41) is 8.04. The number of rotatable bonds is 7. The molecule has 3 heterocycles. The molecule has 0 fully saturated rings. The summed E-state index contributed by atoms with van der Waals surface area (Å²) in [6.07, 6.45) is 3.54. The smallest absolute Gasteiger partial charge is 0.341 e. The molecule has 0 bridgehead atoms. The van der Waals surface area contributed by atoms with Gasteiger partial charge in [-0.25, -0.2) is 9.79 Å². The molecule has 1 aliphatic heterocycles. The molecule has 1 N–H and O–H groups in total. The van der Waals surface area contributed by atoms with Gasteiger partial charge >= 0.3 is 5.97 Å². The number of hydrogen-bond donors (Lipinski definition) is 1. The van der Waals surface area contributed by atoms with Gasteiger partial charge in [0.15, 0.2) is 5.17 Å². The van der Waals surface area contributed by atoms with Crippen LogP contribution in [0.15, 0.2) is 16.9 Å². The molecular formula is C22H27N5O4S2. The molecule has 1 aliphatic rings. The van der Waals surface area contributed by atoms with Crippen molar-refractivity contribution in [2.75, 3.05) is 24.2 Å². The van der Waals surface area contributed by atoms with Gasteiger partial charge in [0.05, 0.1) is 23.6 Å². The van der Waals surface area contributed by atoms with Crippen molar-refractivity contribution in [3.63, 3.8) is 0 Å². The second kappa shape index (κ2) is 10.3. The normalized spacial score (nSPS) is 14.7. The summed E-state index contributed by atoms with van der Waals surface area (Å²) in [6.45, 7) is 9.88. The molecule has 0 unspecified atom stereocenters. The largest absolute Gasteiger partial charge is 0.462 e. The van der Waals surface area contributed by atoms with E-state index < -0.39 is 5.97 Å². The van der Waals surface area contributed by atoms with Gasteiger partial charge in [-0.3, -0.25) is 19.2 Å². The first-order chi connectivity index (χ1) is 15.7. The van der Waals surface area contributed by atoms with Crippen molar-refractivity contribution in [1.29, 1.82) is 0 Å². The number of aliphatic imine (C=N–C) groups is 1. The number of likely N-dealkylation sites (N-methyl/N-ethyl adjacent to an activating group) is 1. The maximum Gasteiger partial charge on any atom is 0.341 e. The van der Waals surface area contributed by atoms with Gasteiger partial charge in [-0.15, -0.1) is 11.3 Å². The third kappa shape index (κ3) is 5.36. The Bertz CT molecular complexity index is 1160. The lowest BCUT2D eigenvalue weighted by molar-refractivity contribution is -0.122. The number of nitrogens with one attached hydrogen (secondary N) is 1. The first-order valence-corrected chi connectivity index (χ1v) is 12.3. The lowest BCUT2D eigenvalue weighted by Gasteiger charge is -2.14. The zero-order valence-corrected chi connectivity index (χ0v) is 21.1. The Hall–Kier alpha value is -2.92. The average Bonchev–Trinajstić information content (AvgIpc) is 3.33. The Labute approximate surface area is 200 Å². The van der Waals surface area contributed by atoms with Crippen LogP contribution in [0.2, 0.25) is 0 Å². The highest BCUT2D eigenvalue weighted by molar-refractivity contribution is 8.14. The number of thiophene rings is 1. The topological polar surface area (TPSA) is 106 Å². The molecule has 3 rings (SSSR count). The summed E-state index contributed by atoms with van der Waals surface area (Å²) < 4.78 is 6.81. The second-order valence-electron chi connectivity index (χ2n) is 7.36. The molecule has 2 aromatic rings. The Balaban J connectivity index is 1.73. The van der Waals surface area contributed by atoms with Crippen molar-refractivity contribution in [1.82, 2.24) is 14.7 Å². The zero-order chi connectivity index (χ0) is 24.3. The molecule has 0 spiro atoms. The van der Waals surface area contributed by atoms with Gasteiger partial charge in [-0.1, -0.05) is 11.8 Å². The van der Waals surface area contributed by atoms with Crippen molar-refractivity contribution in [3.8, 4) is 0 Å². The van der Waals surface area contributed by atoms with Crippen LogP contribution >= 0.6 is 23.1 Å². The third-order valence-electron chi connectivity index (χ3n) is 5.02. The van der Waals surface area contributed by atoms with Crippen LogP contribution in [0.4, 0.5) is 5.00 Å². The Morgan fingerprint density at radius 1 is 1.27 bits per heavy atom. The van der Waals surface area contributed by atoms with E-state index in [4.69, 9.17) is 4.74 Å². The minimum Gasteiger partial charge on any atom is -0.462 e. The zero-order valence-electron chi connectivity index (χ0n) is 19.5. The van der Waals surface area contributed by atoms with Crippen LogP contribution in [0.25, 0.3) is 6.08 Å². The standard InChI is InChI=1S/C22H27N5O4S2/c1-7-27-20(29)16(9-15-10-26(6)25-13(15)4)23-22(27)32-11-17(28)24-19-18(21(30)31-8-2)12(3)14(5)33-19/h9-10H,7-8,11H2,1-6H3,(H,24,28)/b16-9+. The maximum absolute atomic E-state index is 12.8. The molecule has 2 aromatic heterocycles. The molecule has 0 saturated carbocycles. The van der Waals surface area contributed by atoms with Gasteiger partial charge in [-0.05, 0) is 46.3 Å². The highest BCUT2D eigenvalue weighted by Gasteiger charge is 2.30. The number of esters is 1. The highest BCUT2D eigenvalue weighted by atomic mass is 32.2. The molecule has 0 atom stereocenters. The summed E-state index contributed by atoms with van der Waals surface area (Å²) in [6, 6.07) is 0. The van der Waals surface area contributed by atoms with Crippen LogP contribution in [0.3, 0.4) is 0 Å². The number of amidine groups is 1. The second-order valence-corrected chi connectivity index (χ2v) is 9.53. The fraction of sp³-hybridized carbons (Fsp3) is 0.409. The van der Waals surface area contributed by atoms with E-state index in [2.05, 4.69) is 15.4 Å². The number of ether oxygens (including phenoxy) is 1. The number of hydrogen-bond acceptors (Lipinski definition) is 8. The summed E-state index contributed by atoms with van der Waals surface area (Å²) in [5.41, 5.74) is 3.11. The molecule has 2 amide bonds. The minimum absolute atomic E-state index is 0.0417. The van der Waals surface area contributed by atoms with E-state index in [9.17, 15) is 14.4 Å². The SMILES string of the molecule is CCOC(=O)c1c(NC(=O)CSC2=N/C(=C/c3cn(C)nc3C)C(=O)N2CC)sc(C)c1C. The number of nitrogens with zero attached hydrogens (tertiary/aromatic N) is 4. The number of thioether (sulfide) groups is 1. The van der Waals surface area contributed by atoms with Gasteiger partial charge in [0.1, 0.15) is 10.7 Å². The van der Waals surface area contributed by atoms with Gasteiger partial charge in [0.25, 0.3) is 5.91 Å². The highest BCUT2D eigenvalue weighted by Crippen LogP contribution is 2.33. The first kappa shape index (κ1) is 24.7. The fourth-order valence-electron chi connectivity index (χ4n) is 3.28. The first-order valence-electron chi connectivity index (χ1n) is 10.5. The van der Waals surface area contributed by atoms with Crippen LogP contribution < -0.4 is 5.32 Å². The van der Waals surface area contributed by atoms with Crippen LogP contribution in [0.5, 0.6) is 0 Å². The Morgan fingerprint density at radius 3 is 2.61 bits per heavy atom. The molecule has 0 radical (unpaired) electrons. The number of amides is 2. The van der Waals surface area contributed by atoms with Crippen molar-refractivity contribution in [2.24, 2.45) is 12.0 Å². The van der Waals surface area contributed by atoms with Crippen molar-refractivity contribution < 1.29 is 19.1 Å². The predicted molar refractivity (Wildman–Crippen MR) is 132 cm³/mol. The van der Waals surface area contributed by atoms with E-state index in [0.717, 1.165) is 21.7 Å². The summed E-state index contributed by atoms with van der Waals surface area (Å²) in [7, 11) is 1.82. The van der Waals surface area contributed by atoms with Gasteiger partial charge in [0.2, 0.25) is 5.91 Å². The van der Waals surface area contributed by atoms with Gasteiger partial charge < -0.3 is 10.1 Å². The van der Waals surface area contributed by atoms with E-state index in [1.807, 2.05) is 40.9 Å². The Kier molecular flexibility index (Phi) is 7.75. The molecular weight excluding hydrogens is 462 g/mol. The maximum atomic E-state index is 12.8. The molecule has 0 saturated heterocycles. The van der Waals surface area contributed by atoms with Crippen LogP contribution in [-0.2, 0) is 21.4 Å². The lowest BCUT2D eigenvalue weighted by atomic mass is 10.1. The van der Waals surface area contributed by atoms with Gasteiger partial charge in [0, 0.05) is 30.2 Å². The Morgan fingerprint density at radius 2 is 2.00 bits per heavy atom. The molecule has 33 heavy (non-hydrogen) atoms. The monoisotopic (exact) mass is 489 g/mol. The van der Waals surface area contributed by atoms with E-state index >= 15 is 0 Å². The molecule has 9 nitrogen and oxygen atoms in total. The van der Waals surface area contributed by atoms with Crippen LogP contribution in [0.1, 0.15) is 45.9 Å². The average molecular weight is 490 g/mol. The number of aryl methyl sites for hydroxylation is 3. The molecule has 176 valence electrons. The number of anilines is 1. The van der Waals surface area contributed by atoms with E-state index in [-0.39, 0.29) is 24.2 Å². The molecule has 0 aliphatic carbocycles. The van der Waals surface area contributed by atoms with Crippen molar-refractivity contribution >= 4 is 57.1 Å². The fourth-order valence-corrected chi connectivity index (χ4v) is 5.21. The van der Waals surface area contributed by atoms with Crippen LogP contribution in [0, 0.1) is 20.8 Å². The molecule has 0 aromatic carbocycles. The molecule has 11 heteroatoms. The summed E-state index contributed by atoms with van der Waals surface area (Å²) in [4.78, 5) is 44.7. The van der Waals surface area contributed by atoms with E-state index in [1.165, 1.54) is 23.1 Å². The third-order valence-corrected chi connectivity index (χ3v) is 7.12. The van der Waals surface area contributed by atoms with E-state index in [1.54, 1.807) is 22.6 Å². The van der Waals surface area contributed by atoms with E-state index in [0.29, 0.717) is 28.0 Å². The number of carbonyl (C=O) groups is 3. The number of carbonyl (C=O) groups excluding carboxylic acids is 3. The lowest BCUT2D eigenvalue weighted by Crippen LogP contribution is -2.31. The van der Waals surface area contributed by atoms with Gasteiger partial charge in [-0.2, -0.15) is 5.10 Å².